The molecular formula is C11H17BrClN3. The molecule has 0 bridgehead atoms. The normalized spacial score (nSPS) is 17.0. The first-order chi connectivity index (χ1) is 7.29. The molecule has 0 spiro atoms. The lowest BCUT2D eigenvalue weighted by atomic mass is 10.1. The third kappa shape index (κ3) is 3.34. The van der Waals surface area contributed by atoms with E-state index in [9.17, 15) is 0 Å². The van der Waals surface area contributed by atoms with E-state index in [1.165, 1.54) is 12.8 Å². The van der Waals surface area contributed by atoms with Crippen LogP contribution >= 0.6 is 28.3 Å². The Hall–Kier alpha value is -0.320. The highest BCUT2D eigenvalue weighted by molar-refractivity contribution is 9.10. The minimum Gasteiger partial charge on any atom is -0.357 e. The van der Waals surface area contributed by atoms with Gasteiger partial charge in [-0.25, -0.2) is 4.98 Å². The number of pyridine rings is 1. The van der Waals surface area contributed by atoms with Gasteiger partial charge in [0, 0.05) is 29.8 Å². The van der Waals surface area contributed by atoms with Gasteiger partial charge in [0.05, 0.1) is 0 Å². The van der Waals surface area contributed by atoms with Gasteiger partial charge in [0.1, 0.15) is 5.82 Å². The van der Waals surface area contributed by atoms with E-state index in [0.29, 0.717) is 6.04 Å². The third-order valence-corrected chi connectivity index (χ3v) is 3.41. The highest BCUT2D eigenvalue weighted by Crippen LogP contribution is 2.19. The second-order valence-corrected chi connectivity index (χ2v) is 4.80. The molecule has 1 aromatic rings. The van der Waals surface area contributed by atoms with Gasteiger partial charge in [-0.1, -0.05) is 0 Å². The van der Waals surface area contributed by atoms with Crippen LogP contribution in [-0.2, 0) is 0 Å². The van der Waals surface area contributed by atoms with E-state index in [0.717, 1.165) is 23.4 Å². The van der Waals surface area contributed by atoms with Gasteiger partial charge in [-0.2, -0.15) is 0 Å². The van der Waals surface area contributed by atoms with Crippen molar-refractivity contribution in [3.8, 4) is 0 Å². The Labute approximate surface area is 111 Å². The van der Waals surface area contributed by atoms with Crippen LogP contribution in [0.2, 0.25) is 0 Å². The largest absolute Gasteiger partial charge is 0.357 e. The van der Waals surface area contributed by atoms with Crippen LogP contribution in [0.4, 0.5) is 5.82 Å². The Kier molecular flexibility index (Phi) is 5.52. The van der Waals surface area contributed by atoms with E-state index in [4.69, 9.17) is 0 Å². The van der Waals surface area contributed by atoms with Crippen molar-refractivity contribution in [3.05, 3.63) is 22.8 Å². The second kappa shape index (κ2) is 6.42. The number of nitrogens with zero attached hydrogens (tertiary/aromatic N) is 2. The van der Waals surface area contributed by atoms with E-state index < -0.39 is 0 Å². The van der Waals surface area contributed by atoms with Crippen molar-refractivity contribution in [1.29, 1.82) is 0 Å². The standard InChI is InChI=1S/C11H16BrN3.ClH/c1-13-10-4-6-15(7-5-10)11-3-2-9(12)8-14-11;/h2-3,8,10,13H,4-7H2,1H3;1H. The predicted molar refractivity (Wildman–Crippen MR) is 73.5 cm³/mol. The maximum Gasteiger partial charge on any atom is 0.128 e. The summed E-state index contributed by atoms with van der Waals surface area (Å²) in [5.41, 5.74) is 0. The van der Waals surface area contributed by atoms with E-state index in [2.05, 4.69) is 37.2 Å². The minimum atomic E-state index is 0. The SMILES string of the molecule is CNC1CCN(c2ccc(Br)cn2)CC1.Cl. The molecule has 0 saturated carbocycles. The lowest BCUT2D eigenvalue weighted by Crippen LogP contribution is -2.41. The first-order valence-corrected chi connectivity index (χ1v) is 6.12. The number of halogens is 2. The van der Waals surface area contributed by atoms with Gasteiger partial charge in [-0.15, -0.1) is 12.4 Å². The summed E-state index contributed by atoms with van der Waals surface area (Å²) in [6.07, 6.45) is 4.27. The lowest BCUT2D eigenvalue weighted by Gasteiger charge is -2.32. The molecule has 5 heteroatoms. The van der Waals surface area contributed by atoms with Crippen LogP contribution in [0.5, 0.6) is 0 Å². The number of piperidine rings is 1. The van der Waals surface area contributed by atoms with Crippen molar-refractivity contribution in [1.82, 2.24) is 10.3 Å². The molecule has 16 heavy (non-hydrogen) atoms. The molecule has 0 unspecified atom stereocenters. The van der Waals surface area contributed by atoms with Crippen LogP contribution in [0.1, 0.15) is 12.8 Å². The number of hydrogen-bond donors (Lipinski definition) is 1. The summed E-state index contributed by atoms with van der Waals surface area (Å²) >= 11 is 3.40. The van der Waals surface area contributed by atoms with E-state index >= 15 is 0 Å². The van der Waals surface area contributed by atoms with Crippen molar-refractivity contribution in [2.24, 2.45) is 0 Å². The molecule has 0 amide bonds. The molecule has 1 aliphatic heterocycles. The molecule has 2 heterocycles. The smallest absolute Gasteiger partial charge is 0.128 e. The van der Waals surface area contributed by atoms with Crippen molar-refractivity contribution < 1.29 is 0 Å². The fourth-order valence-electron chi connectivity index (χ4n) is 1.95. The Morgan fingerprint density at radius 1 is 1.38 bits per heavy atom. The average Bonchev–Trinajstić information content (AvgIpc) is 2.30. The van der Waals surface area contributed by atoms with Crippen molar-refractivity contribution >= 4 is 34.2 Å². The fourth-order valence-corrected chi connectivity index (χ4v) is 2.19. The van der Waals surface area contributed by atoms with Crippen LogP contribution < -0.4 is 10.2 Å². The summed E-state index contributed by atoms with van der Waals surface area (Å²) in [6, 6.07) is 4.80. The Bertz CT molecular complexity index is 310. The highest BCUT2D eigenvalue weighted by Gasteiger charge is 2.18. The van der Waals surface area contributed by atoms with Crippen LogP contribution in [0.25, 0.3) is 0 Å². The molecule has 1 aliphatic rings. The zero-order chi connectivity index (χ0) is 10.7. The number of aromatic nitrogens is 1. The third-order valence-electron chi connectivity index (χ3n) is 2.94. The molecule has 3 nitrogen and oxygen atoms in total. The highest BCUT2D eigenvalue weighted by atomic mass is 79.9. The minimum absolute atomic E-state index is 0. The van der Waals surface area contributed by atoms with Gasteiger partial charge in [-0.05, 0) is 48.0 Å². The molecule has 90 valence electrons. The van der Waals surface area contributed by atoms with Gasteiger partial charge in [0.15, 0.2) is 0 Å². The summed E-state index contributed by atoms with van der Waals surface area (Å²) in [5.74, 6) is 1.09. The lowest BCUT2D eigenvalue weighted by molar-refractivity contribution is 0.441. The number of anilines is 1. The molecule has 2 rings (SSSR count). The fraction of sp³-hybridized carbons (Fsp3) is 0.545. The molecule has 1 aromatic heterocycles. The molecule has 1 saturated heterocycles. The summed E-state index contributed by atoms with van der Waals surface area (Å²) in [6.45, 7) is 2.19. The van der Waals surface area contributed by atoms with E-state index in [-0.39, 0.29) is 12.4 Å². The van der Waals surface area contributed by atoms with Gasteiger partial charge >= 0.3 is 0 Å². The number of rotatable bonds is 2. The molecule has 0 atom stereocenters. The van der Waals surface area contributed by atoms with Crippen LogP contribution in [0.15, 0.2) is 22.8 Å². The summed E-state index contributed by atoms with van der Waals surface area (Å²) < 4.78 is 1.04. The molecule has 0 aromatic carbocycles. The zero-order valence-corrected chi connectivity index (χ0v) is 11.7. The molecule has 1 N–H and O–H groups in total. The van der Waals surface area contributed by atoms with Crippen molar-refractivity contribution in [3.63, 3.8) is 0 Å². The number of nitrogens with one attached hydrogen (secondary N) is 1. The van der Waals surface area contributed by atoms with Crippen LogP contribution in [-0.4, -0.2) is 31.2 Å². The second-order valence-electron chi connectivity index (χ2n) is 3.88. The van der Waals surface area contributed by atoms with Crippen molar-refractivity contribution in [2.45, 2.75) is 18.9 Å². The average molecular weight is 307 g/mol. The van der Waals surface area contributed by atoms with Gasteiger partial charge in [0.25, 0.3) is 0 Å². The summed E-state index contributed by atoms with van der Waals surface area (Å²) in [7, 11) is 2.04. The van der Waals surface area contributed by atoms with E-state index in [1.807, 2.05) is 19.3 Å². The van der Waals surface area contributed by atoms with Gasteiger partial charge in [0.2, 0.25) is 0 Å². The van der Waals surface area contributed by atoms with Crippen LogP contribution in [0, 0.1) is 0 Å². The molecule has 0 aliphatic carbocycles. The maximum absolute atomic E-state index is 4.41. The number of hydrogen-bond acceptors (Lipinski definition) is 3. The first-order valence-electron chi connectivity index (χ1n) is 5.33. The first kappa shape index (κ1) is 13.7. The van der Waals surface area contributed by atoms with E-state index in [1.54, 1.807) is 0 Å². The van der Waals surface area contributed by atoms with Gasteiger partial charge < -0.3 is 10.2 Å². The molecule has 1 fully saturated rings. The zero-order valence-electron chi connectivity index (χ0n) is 9.32. The predicted octanol–water partition coefficient (Wildman–Crippen LogP) is 2.45. The molecular weight excluding hydrogens is 289 g/mol. The Balaban J connectivity index is 0.00000128. The quantitative estimate of drug-likeness (QED) is 0.910. The van der Waals surface area contributed by atoms with Gasteiger partial charge in [-0.3, -0.25) is 0 Å². The monoisotopic (exact) mass is 305 g/mol. The topological polar surface area (TPSA) is 28.2 Å². The van der Waals surface area contributed by atoms with Crippen LogP contribution in [0.3, 0.4) is 0 Å². The maximum atomic E-state index is 4.41. The Morgan fingerprint density at radius 3 is 2.56 bits per heavy atom. The Morgan fingerprint density at radius 2 is 2.06 bits per heavy atom. The molecule has 0 radical (unpaired) electrons. The van der Waals surface area contributed by atoms with Crippen molar-refractivity contribution in [2.75, 3.05) is 25.0 Å². The summed E-state index contributed by atoms with van der Waals surface area (Å²) in [4.78, 5) is 6.76. The summed E-state index contributed by atoms with van der Waals surface area (Å²) in [5, 5.41) is 3.33.